The van der Waals surface area contributed by atoms with Crippen LogP contribution in [0.4, 0.5) is 5.69 Å². The Bertz CT molecular complexity index is 982. The molecule has 1 atom stereocenters. The second-order valence-corrected chi connectivity index (χ2v) is 8.18. The van der Waals surface area contributed by atoms with Crippen molar-refractivity contribution < 1.29 is 19.1 Å². The number of rotatable bonds is 7. The highest BCUT2D eigenvalue weighted by molar-refractivity contribution is 8.15. The molecule has 9 heteroatoms. The maximum atomic E-state index is 12.8. The lowest BCUT2D eigenvalue weighted by Crippen LogP contribution is -2.46. The first-order valence-corrected chi connectivity index (χ1v) is 10.5. The number of primary amides is 1. The van der Waals surface area contributed by atoms with E-state index in [0.29, 0.717) is 40.3 Å². The van der Waals surface area contributed by atoms with Crippen molar-refractivity contribution in [3.63, 3.8) is 0 Å². The van der Waals surface area contributed by atoms with Gasteiger partial charge in [-0.05, 0) is 42.3 Å². The van der Waals surface area contributed by atoms with Gasteiger partial charge >= 0.3 is 0 Å². The smallest absolute Gasteiger partial charge is 0.231 e. The van der Waals surface area contributed by atoms with Gasteiger partial charge in [-0.25, -0.2) is 4.99 Å². The number of benzene rings is 2. The highest BCUT2D eigenvalue weighted by Crippen LogP contribution is 2.31. The Kier molecular flexibility index (Phi) is 7.23. The zero-order chi connectivity index (χ0) is 21.7. The molecule has 1 unspecified atom stereocenters. The highest BCUT2D eigenvalue weighted by atomic mass is 35.5. The van der Waals surface area contributed by atoms with Gasteiger partial charge in [-0.1, -0.05) is 35.5 Å². The fraction of sp³-hybridized carbons (Fsp3) is 0.286. The number of ether oxygens (including phenoxy) is 2. The summed E-state index contributed by atoms with van der Waals surface area (Å²) < 4.78 is 10.6. The molecule has 1 saturated heterocycles. The van der Waals surface area contributed by atoms with Crippen LogP contribution in [-0.4, -0.2) is 47.9 Å². The standard InChI is InChI=1S/C21H22ClN3O4S/c1-28-16-7-6-13(10-17(16)29-2)8-9-25-19(26)12-18(20(23)27)30-21(25)24-15-5-3-4-14(22)11-15/h3-7,10-11,18H,8-9,12H2,1-2H3,(H2,23,27). The Labute approximate surface area is 184 Å². The highest BCUT2D eigenvalue weighted by Gasteiger charge is 2.34. The maximum absolute atomic E-state index is 12.8. The SMILES string of the molecule is COc1ccc(CCN2C(=O)CC(C(N)=O)SC2=Nc2cccc(Cl)c2)cc1OC. The normalized spacial score (nSPS) is 17.8. The molecule has 0 radical (unpaired) electrons. The van der Waals surface area contributed by atoms with Gasteiger partial charge in [-0.2, -0.15) is 0 Å². The van der Waals surface area contributed by atoms with Crippen molar-refractivity contribution in [3.05, 3.63) is 53.1 Å². The molecule has 0 saturated carbocycles. The molecule has 1 aliphatic heterocycles. The summed E-state index contributed by atoms with van der Waals surface area (Å²) in [7, 11) is 3.15. The van der Waals surface area contributed by atoms with Gasteiger partial charge in [0, 0.05) is 18.0 Å². The number of hydrogen-bond donors (Lipinski definition) is 1. The van der Waals surface area contributed by atoms with Crippen LogP contribution in [0, 0.1) is 0 Å². The zero-order valence-electron chi connectivity index (χ0n) is 16.6. The van der Waals surface area contributed by atoms with E-state index in [2.05, 4.69) is 4.99 Å². The molecule has 2 aromatic rings. The first-order chi connectivity index (χ1) is 14.4. The average molecular weight is 448 g/mol. The number of hydrogen-bond acceptors (Lipinski definition) is 6. The molecule has 30 heavy (non-hydrogen) atoms. The van der Waals surface area contributed by atoms with E-state index in [0.717, 1.165) is 5.56 Å². The van der Waals surface area contributed by atoms with Gasteiger partial charge in [0.25, 0.3) is 0 Å². The summed E-state index contributed by atoms with van der Waals surface area (Å²) in [5.41, 5.74) is 7.02. The Morgan fingerprint density at radius 2 is 2.00 bits per heavy atom. The van der Waals surface area contributed by atoms with Crippen LogP contribution in [-0.2, 0) is 16.0 Å². The fourth-order valence-corrected chi connectivity index (χ4v) is 4.27. The van der Waals surface area contributed by atoms with Crippen LogP contribution in [0.3, 0.4) is 0 Å². The summed E-state index contributed by atoms with van der Waals surface area (Å²) >= 11 is 7.24. The molecule has 2 N–H and O–H groups in total. The number of nitrogens with two attached hydrogens (primary N) is 1. The van der Waals surface area contributed by atoms with Crippen molar-refractivity contribution in [1.29, 1.82) is 0 Å². The third-order valence-electron chi connectivity index (χ3n) is 4.56. The van der Waals surface area contributed by atoms with E-state index >= 15 is 0 Å². The van der Waals surface area contributed by atoms with Gasteiger partial charge in [0.1, 0.15) is 0 Å². The van der Waals surface area contributed by atoms with E-state index in [9.17, 15) is 9.59 Å². The summed E-state index contributed by atoms with van der Waals surface area (Å²) in [6.07, 6.45) is 0.614. The van der Waals surface area contributed by atoms with E-state index in [1.54, 1.807) is 43.4 Å². The third kappa shape index (κ3) is 5.25. The molecule has 0 aliphatic carbocycles. The summed E-state index contributed by atoms with van der Waals surface area (Å²) in [6, 6.07) is 12.6. The number of aliphatic imine (C=N–C) groups is 1. The Morgan fingerprint density at radius 3 is 2.67 bits per heavy atom. The lowest BCUT2D eigenvalue weighted by Gasteiger charge is -2.31. The molecule has 3 rings (SSSR count). The van der Waals surface area contributed by atoms with Crippen LogP contribution in [0.25, 0.3) is 0 Å². The first kappa shape index (κ1) is 22.0. The van der Waals surface area contributed by atoms with Crippen molar-refractivity contribution in [1.82, 2.24) is 4.90 Å². The first-order valence-electron chi connectivity index (χ1n) is 9.22. The molecule has 0 spiro atoms. The number of halogens is 1. The summed E-state index contributed by atoms with van der Waals surface area (Å²) in [6.45, 7) is 0.395. The monoisotopic (exact) mass is 447 g/mol. The minimum absolute atomic E-state index is 0.0422. The zero-order valence-corrected chi connectivity index (χ0v) is 18.2. The summed E-state index contributed by atoms with van der Waals surface area (Å²) in [5.74, 6) is 0.528. The molecular weight excluding hydrogens is 426 g/mol. The van der Waals surface area contributed by atoms with Crippen LogP contribution in [0.15, 0.2) is 47.5 Å². The minimum Gasteiger partial charge on any atom is -0.493 e. The van der Waals surface area contributed by atoms with Crippen molar-refractivity contribution in [2.45, 2.75) is 18.1 Å². The fourth-order valence-electron chi connectivity index (χ4n) is 3.01. The van der Waals surface area contributed by atoms with E-state index in [-0.39, 0.29) is 12.3 Å². The lowest BCUT2D eigenvalue weighted by atomic mass is 10.1. The van der Waals surface area contributed by atoms with E-state index < -0.39 is 11.2 Å². The molecule has 2 aromatic carbocycles. The minimum atomic E-state index is -0.646. The Balaban J connectivity index is 1.84. The van der Waals surface area contributed by atoms with Gasteiger partial charge in [0.15, 0.2) is 16.7 Å². The van der Waals surface area contributed by atoms with Crippen LogP contribution in [0.2, 0.25) is 5.02 Å². The second-order valence-electron chi connectivity index (χ2n) is 6.57. The van der Waals surface area contributed by atoms with Crippen LogP contribution in [0.5, 0.6) is 11.5 Å². The maximum Gasteiger partial charge on any atom is 0.231 e. The predicted octanol–water partition coefficient (Wildman–Crippen LogP) is 3.41. The van der Waals surface area contributed by atoms with E-state index in [1.165, 1.54) is 11.8 Å². The van der Waals surface area contributed by atoms with Crippen LogP contribution >= 0.6 is 23.4 Å². The molecule has 2 amide bonds. The van der Waals surface area contributed by atoms with Crippen LogP contribution < -0.4 is 15.2 Å². The Hall–Kier alpha value is -2.71. The van der Waals surface area contributed by atoms with Crippen LogP contribution in [0.1, 0.15) is 12.0 Å². The lowest BCUT2D eigenvalue weighted by molar-refractivity contribution is -0.129. The van der Waals surface area contributed by atoms with Crippen molar-refractivity contribution in [3.8, 4) is 11.5 Å². The largest absolute Gasteiger partial charge is 0.493 e. The van der Waals surface area contributed by atoms with Crippen molar-refractivity contribution in [2.75, 3.05) is 20.8 Å². The Morgan fingerprint density at radius 1 is 1.23 bits per heavy atom. The summed E-state index contributed by atoms with van der Waals surface area (Å²) in [5, 5.41) is 0.317. The molecule has 1 fully saturated rings. The molecular formula is C21H22ClN3O4S. The average Bonchev–Trinajstić information content (AvgIpc) is 2.72. The number of carbonyl (C=O) groups excluding carboxylic acids is 2. The molecule has 158 valence electrons. The van der Waals surface area contributed by atoms with Crippen molar-refractivity contribution in [2.24, 2.45) is 10.7 Å². The number of nitrogens with zero attached hydrogens (tertiary/aromatic N) is 2. The van der Waals surface area contributed by atoms with E-state index in [4.69, 9.17) is 26.8 Å². The predicted molar refractivity (Wildman–Crippen MR) is 119 cm³/mol. The van der Waals surface area contributed by atoms with Gasteiger partial charge in [0.2, 0.25) is 11.8 Å². The van der Waals surface area contributed by atoms with Gasteiger partial charge in [-0.3, -0.25) is 14.5 Å². The molecule has 1 heterocycles. The van der Waals surface area contributed by atoms with Crippen molar-refractivity contribution >= 4 is 46.0 Å². The number of amidine groups is 1. The van der Waals surface area contributed by atoms with Gasteiger partial charge < -0.3 is 15.2 Å². The summed E-state index contributed by atoms with van der Waals surface area (Å²) in [4.78, 5) is 30.6. The topological polar surface area (TPSA) is 94.2 Å². The number of thioether (sulfide) groups is 1. The van der Waals surface area contributed by atoms with E-state index in [1.807, 2.05) is 18.2 Å². The quantitative estimate of drug-likeness (QED) is 0.701. The number of methoxy groups -OCH3 is 2. The molecule has 0 aromatic heterocycles. The molecule has 7 nitrogen and oxygen atoms in total. The number of amides is 2. The third-order valence-corrected chi connectivity index (χ3v) is 6.00. The second kappa shape index (κ2) is 9.86. The van der Waals surface area contributed by atoms with Gasteiger partial charge in [-0.15, -0.1) is 0 Å². The molecule has 1 aliphatic rings. The number of carbonyl (C=O) groups is 2. The van der Waals surface area contributed by atoms with Gasteiger partial charge in [0.05, 0.1) is 25.2 Å². The molecule has 0 bridgehead atoms.